The number of unbranched alkanes of at least 4 members (excludes halogenated alkanes) is 18. The molecule has 0 fully saturated rings. The highest BCUT2D eigenvalue weighted by molar-refractivity contribution is 7.47. The Morgan fingerprint density at radius 3 is 1.67 bits per heavy atom. The fourth-order valence-corrected chi connectivity index (χ4v) is 6.05. The summed E-state index contributed by atoms with van der Waals surface area (Å²) in [6.07, 6.45) is 36.6. The molecule has 0 aromatic carbocycles. The number of nitrogens with one attached hydrogen (secondary N) is 1. The second kappa shape index (κ2) is 31.7. The molecule has 0 radical (unpaired) electrons. The monoisotopic (exact) mass is 700 g/mol. The third-order valence-corrected chi connectivity index (χ3v) is 9.42. The minimum Gasteiger partial charge on any atom is -0.387 e. The van der Waals surface area contributed by atoms with Crippen LogP contribution in [0.4, 0.5) is 0 Å². The van der Waals surface area contributed by atoms with Crippen LogP contribution < -0.4 is 5.32 Å². The number of aliphatic hydroxyl groups is 1. The van der Waals surface area contributed by atoms with Gasteiger partial charge in [0.25, 0.3) is 0 Å². The summed E-state index contributed by atoms with van der Waals surface area (Å²) >= 11 is 0. The summed E-state index contributed by atoms with van der Waals surface area (Å²) in [5.74, 6) is -0.195. The molecule has 0 saturated heterocycles. The Morgan fingerprint density at radius 1 is 0.729 bits per heavy atom. The van der Waals surface area contributed by atoms with Gasteiger partial charge in [0.2, 0.25) is 5.91 Å². The highest BCUT2D eigenvalue weighted by Crippen LogP contribution is 2.43. The minimum absolute atomic E-state index is 0.0539. The molecule has 3 N–H and O–H groups in total. The molecule has 0 saturated carbocycles. The molecule has 0 aliphatic rings. The number of hydrogen-bond donors (Lipinski definition) is 3. The van der Waals surface area contributed by atoms with Crippen LogP contribution in [-0.4, -0.2) is 73.4 Å². The van der Waals surface area contributed by atoms with Gasteiger partial charge in [-0.2, -0.15) is 0 Å². The molecule has 9 heteroatoms. The summed E-state index contributed by atoms with van der Waals surface area (Å²) < 4.78 is 23.4. The van der Waals surface area contributed by atoms with Crippen LogP contribution in [0.1, 0.15) is 155 Å². The zero-order chi connectivity index (χ0) is 35.8. The molecule has 0 aromatic rings. The van der Waals surface area contributed by atoms with E-state index in [4.69, 9.17) is 9.05 Å². The van der Waals surface area contributed by atoms with Crippen LogP contribution >= 0.6 is 7.82 Å². The van der Waals surface area contributed by atoms with Gasteiger partial charge in [-0.15, -0.1) is 0 Å². The molecule has 0 spiro atoms. The van der Waals surface area contributed by atoms with E-state index in [1.807, 2.05) is 40.2 Å². The van der Waals surface area contributed by atoms with E-state index in [0.717, 1.165) is 44.9 Å². The average molecular weight is 700 g/mol. The van der Waals surface area contributed by atoms with Gasteiger partial charge in [0.05, 0.1) is 39.9 Å². The fourth-order valence-electron chi connectivity index (χ4n) is 5.31. The molecule has 0 aliphatic heterocycles. The van der Waals surface area contributed by atoms with Crippen LogP contribution in [0.15, 0.2) is 36.5 Å². The number of carbonyl (C=O) groups is 1. The van der Waals surface area contributed by atoms with Gasteiger partial charge in [-0.1, -0.05) is 146 Å². The predicted molar refractivity (Wildman–Crippen MR) is 203 cm³/mol. The standard InChI is InChI=1S/C39H75N2O6P/c1-6-8-10-12-14-16-17-18-19-20-21-22-23-25-27-29-31-33-39(43)40-37(36-47-48(44,45)46-35-34-41(3,4)5)38(42)32-30-28-26-24-15-13-11-9-7-2/h7,9,15,24,30,32,37-38,42H,6,8,10-14,16-23,25-29,31,33-36H2,1-5H3,(H-,40,43,44,45)/p+1/b9-7+,24-15+,32-30+. The lowest BCUT2D eigenvalue weighted by atomic mass is 10.0. The van der Waals surface area contributed by atoms with E-state index in [1.165, 1.54) is 89.9 Å². The lowest BCUT2D eigenvalue weighted by Crippen LogP contribution is -2.45. The highest BCUT2D eigenvalue weighted by atomic mass is 31.2. The summed E-state index contributed by atoms with van der Waals surface area (Å²) in [5.41, 5.74) is 0. The topological polar surface area (TPSA) is 105 Å². The van der Waals surface area contributed by atoms with Crippen molar-refractivity contribution in [3.05, 3.63) is 36.5 Å². The first-order chi connectivity index (χ1) is 23.0. The Labute approximate surface area is 296 Å². The fraction of sp³-hybridized carbons (Fsp3) is 0.821. The van der Waals surface area contributed by atoms with Crippen molar-refractivity contribution < 1.29 is 32.9 Å². The molecule has 0 rings (SSSR count). The Hall–Kier alpha value is -1.28. The maximum atomic E-state index is 12.8. The number of phosphoric ester groups is 1. The van der Waals surface area contributed by atoms with Crippen molar-refractivity contribution in [3.8, 4) is 0 Å². The van der Waals surface area contributed by atoms with Crippen LogP contribution in [0, 0.1) is 0 Å². The van der Waals surface area contributed by atoms with E-state index in [-0.39, 0.29) is 19.1 Å². The zero-order valence-corrected chi connectivity index (χ0v) is 32.6. The summed E-state index contributed by atoms with van der Waals surface area (Å²) in [7, 11) is 1.54. The SMILES string of the molecule is C/C=C/CC/C=C/CC/C=C/C(O)C(COP(=O)(O)OCC[N+](C)(C)C)NC(=O)CCCCCCCCCCCCCCCCCCC. The number of allylic oxidation sites excluding steroid dienone is 5. The number of aliphatic hydroxyl groups excluding tert-OH is 1. The second-order valence-electron chi connectivity index (χ2n) is 14.3. The van der Waals surface area contributed by atoms with Gasteiger partial charge in [0.15, 0.2) is 0 Å². The number of phosphoric acid groups is 1. The van der Waals surface area contributed by atoms with Crippen LogP contribution in [0.25, 0.3) is 0 Å². The van der Waals surface area contributed by atoms with Crippen molar-refractivity contribution in [1.29, 1.82) is 0 Å². The molecular formula is C39H76N2O6P+. The number of hydrogen-bond acceptors (Lipinski definition) is 5. The van der Waals surface area contributed by atoms with Crippen LogP contribution in [0.2, 0.25) is 0 Å². The van der Waals surface area contributed by atoms with Crippen molar-refractivity contribution >= 4 is 13.7 Å². The molecule has 3 atom stereocenters. The normalized spacial score (nSPS) is 15.1. The summed E-state index contributed by atoms with van der Waals surface area (Å²) in [4.78, 5) is 22.9. The van der Waals surface area contributed by atoms with Gasteiger partial charge in [-0.3, -0.25) is 13.8 Å². The maximum Gasteiger partial charge on any atom is 0.472 e. The van der Waals surface area contributed by atoms with Crippen LogP contribution in [-0.2, 0) is 18.4 Å². The highest BCUT2D eigenvalue weighted by Gasteiger charge is 2.27. The van der Waals surface area contributed by atoms with E-state index in [9.17, 15) is 19.4 Å². The Balaban J connectivity index is 4.42. The second-order valence-corrected chi connectivity index (χ2v) is 15.8. The van der Waals surface area contributed by atoms with E-state index in [1.54, 1.807) is 6.08 Å². The lowest BCUT2D eigenvalue weighted by molar-refractivity contribution is -0.870. The van der Waals surface area contributed by atoms with E-state index in [2.05, 4.69) is 30.5 Å². The molecule has 0 heterocycles. The Bertz CT molecular complexity index is 886. The molecule has 0 aromatic heterocycles. The summed E-state index contributed by atoms with van der Waals surface area (Å²) in [5, 5.41) is 13.7. The molecule has 282 valence electrons. The molecule has 48 heavy (non-hydrogen) atoms. The minimum atomic E-state index is -4.33. The number of carbonyl (C=O) groups excluding carboxylic acids is 1. The molecular weight excluding hydrogens is 623 g/mol. The van der Waals surface area contributed by atoms with Crippen molar-refractivity contribution in [3.63, 3.8) is 0 Å². The molecule has 0 aliphatic carbocycles. The maximum absolute atomic E-state index is 12.8. The summed E-state index contributed by atoms with van der Waals surface area (Å²) in [6.45, 7) is 4.54. The number of quaternary nitrogens is 1. The van der Waals surface area contributed by atoms with Gasteiger partial charge < -0.3 is 19.8 Å². The number of amides is 1. The van der Waals surface area contributed by atoms with Gasteiger partial charge in [-0.25, -0.2) is 4.57 Å². The van der Waals surface area contributed by atoms with Crippen LogP contribution in [0.3, 0.4) is 0 Å². The van der Waals surface area contributed by atoms with Crippen molar-refractivity contribution in [2.24, 2.45) is 0 Å². The zero-order valence-electron chi connectivity index (χ0n) is 31.7. The number of rotatable bonds is 34. The Kier molecular flexibility index (Phi) is 30.8. The molecule has 3 unspecified atom stereocenters. The average Bonchev–Trinajstić information content (AvgIpc) is 3.02. The number of likely N-dealkylation sites (N-methyl/N-ethyl adjacent to an activating group) is 1. The molecule has 8 nitrogen and oxygen atoms in total. The lowest BCUT2D eigenvalue weighted by Gasteiger charge is -2.25. The predicted octanol–water partition coefficient (Wildman–Crippen LogP) is 9.96. The van der Waals surface area contributed by atoms with Crippen LogP contribution in [0.5, 0.6) is 0 Å². The smallest absolute Gasteiger partial charge is 0.387 e. The van der Waals surface area contributed by atoms with Gasteiger partial charge in [0, 0.05) is 6.42 Å². The van der Waals surface area contributed by atoms with E-state index in [0.29, 0.717) is 17.4 Å². The third kappa shape index (κ3) is 33.2. The van der Waals surface area contributed by atoms with E-state index >= 15 is 0 Å². The van der Waals surface area contributed by atoms with Crippen molar-refractivity contribution in [2.75, 3.05) is 40.9 Å². The third-order valence-electron chi connectivity index (χ3n) is 8.44. The first-order valence-corrected chi connectivity index (χ1v) is 20.8. The van der Waals surface area contributed by atoms with Crippen molar-refractivity contribution in [2.45, 2.75) is 167 Å². The quantitative estimate of drug-likeness (QED) is 0.0267. The first kappa shape index (κ1) is 46.7. The molecule has 0 bridgehead atoms. The van der Waals surface area contributed by atoms with E-state index < -0.39 is 20.0 Å². The van der Waals surface area contributed by atoms with Crippen molar-refractivity contribution in [1.82, 2.24) is 5.32 Å². The first-order valence-electron chi connectivity index (χ1n) is 19.3. The number of nitrogens with zero attached hydrogens (tertiary/aromatic N) is 1. The van der Waals surface area contributed by atoms with Gasteiger partial charge in [-0.05, 0) is 39.0 Å². The molecule has 1 amide bonds. The summed E-state index contributed by atoms with van der Waals surface area (Å²) in [6, 6.07) is -0.863. The van der Waals surface area contributed by atoms with Gasteiger partial charge in [0.1, 0.15) is 13.2 Å². The largest absolute Gasteiger partial charge is 0.472 e. The van der Waals surface area contributed by atoms with Gasteiger partial charge >= 0.3 is 7.82 Å². The Morgan fingerprint density at radius 2 is 1.19 bits per heavy atom.